The number of carboxylic acid groups (broad SMARTS) is 1. The second kappa shape index (κ2) is 7.66. The van der Waals surface area contributed by atoms with Crippen LogP contribution in [0.4, 0.5) is 0 Å². The first kappa shape index (κ1) is 20.2. The lowest BCUT2D eigenvalue weighted by Crippen LogP contribution is -2.50. The van der Waals surface area contributed by atoms with Gasteiger partial charge in [-0.25, -0.2) is 0 Å². The molecular weight excluding hydrogens is 388 g/mol. The van der Waals surface area contributed by atoms with E-state index in [0.717, 1.165) is 28.3 Å². The summed E-state index contributed by atoms with van der Waals surface area (Å²) in [6.45, 7) is 6.39. The van der Waals surface area contributed by atoms with E-state index in [4.69, 9.17) is 26.2 Å². The van der Waals surface area contributed by atoms with Gasteiger partial charge in [-0.1, -0.05) is 29.8 Å². The highest BCUT2D eigenvalue weighted by atomic mass is 35.5. The van der Waals surface area contributed by atoms with Crippen molar-refractivity contribution in [3.05, 3.63) is 64.2 Å². The van der Waals surface area contributed by atoms with Crippen molar-refractivity contribution in [3.63, 3.8) is 0 Å². The molecule has 0 amide bonds. The number of hydrogen-bond donors (Lipinski definition) is 1. The third-order valence-electron chi connectivity index (χ3n) is 6.37. The highest BCUT2D eigenvalue weighted by molar-refractivity contribution is 6.30. The number of rotatable bonds is 4. The summed E-state index contributed by atoms with van der Waals surface area (Å²) in [5.41, 5.74) is 2.92. The zero-order valence-electron chi connectivity index (χ0n) is 17.0. The van der Waals surface area contributed by atoms with Crippen molar-refractivity contribution in [1.29, 1.82) is 0 Å². The molecule has 0 aliphatic carbocycles. The molecule has 2 aliphatic rings. The first-order valence-electron chi connectivity index (χ1n) is 10.2. The van der Waals surface area contributed by atoms with Crippen LogP contribution in [0.5, 0.6) is 5.75 Å². The van der Waals surface area contributed by atoms with Crippen molar-refractivity contribution in [2.24, 2.45) is 5.92 Å². The number of halogens is 1. The summed E-state index contributed by atoms with van der Waals surface area (Å²) in [5, 5.41) is 9.74. The fraction of sp³-hybridized carbons (Fsp3) is 0.458. The van der Waals surface area contributed by atoms with Crippen LogP contribution in [0.1, 0.15) is 62.3 Å². The first-order valence-corrected chi connectivity index (χ1v) is 10.6. The number of carbonyl (C=O) groups is 1. The molecule has 0 bridgehead atoms. The molecular formula is C24H27ClO4. The van der Waals surface area contributed by atoms with E-state index < -0.39 is 5.97 Å². The van der Waals surface area contributed by atoms with E-state index in [1.165, 1.54) is 5.56 Å². The van der Waals surface area contributed by atoms with E-state index in [1.54, 1.807) is 0 Å². The maximum Gasteiger partial charge on any atom is 0.303 e. The molecule has 1 saturated heterocycles. The molecule has 2 heterocycles. The highest BCUT2D eigenvalue weighted by Gasteiger charge is 2.49. The molecule has 2 aromatic carbocycles. The van der Waals surface area contributed by atoms with Crippen molar-refractivity contribution in [2.45, 2.75) is 63.8 Å². The fourth-order valence-electron chi connectivity index (χ4n) is 4.74. The van der Waals surface area contributed by atoms with Gasteiger partial charge in [-0.2, -0.15) is 0 Å². The topological polar surface area (TPSA) is 55.8 Å². The highest BCUT2D eigenvalue weighted by Crippen LogP contribution is 2.53. The summed E-state index contributed by atoms with van der Waals surface area (Å²) >= 11 is 6.07. The molecule has 1 N–H and O–H groups in total. The van der Waals surface area contributed by atoms with E-state index >= 15 is 0 Å². The Kier molecular flexibility index (Phi) is 5.34. The van der Waals surface area contributed by atoms with Crippen LogP contribution in [0.15, 0.2) is 42.5 Å². The number of aryl methyl sites for hydroxylation is 1. The summed E-state index contributed by atoms with van der Waals surface area (Å²) in [6, 6.07) is 14.0. The summed E-state index contributed by atoms with van der Waals surface area (Å²) in [7, 11) is 0. The molecule has 4 atom stereocenters. The van der Waals surface area contributed by atoms with Crippen LogP contribution in [-0.4, -0.2) is 22.8 Å². The van der Waals surface area contributed by atoms with Crippen molar-refractivity contribution >= 4 is 17.6 Å². The van der Waals surface area contributed by atoms with Crippen molar-refractivity contribution in [3.8, 4) is 5.75 Å². The summed E-state index contributed by atoms with van der Waals surface area (Å²) in [5.74, 6) is 0.522. The third kappa shape index (κ3) is 4.01. The smallest absolute Gasteiger partial charge is 0.303 e. The molecule has 0 unspecified atom stereocenters. The van der Waals surface area contributed by atoms with Gasteiger partial charge in [-0.05, 0) is 69.0 Å². The number of hydrogen-bond acceptors (Lipinski definition) is 3. The monoisotopic (exact) mass is 414 g/mol. The average molecular weight is 415 g/mol. The van der Waals surface area contributed by atoms with Gasteiger partial charge in [-0.15, -0.1) is 0 Å². The second-order valence-electron chi connectivity index (χ2n) is 8.73. The standard InChI is InChI=1S/C24H27ClO4/c1-14-18(16-6-8-17(25)9-7-16)13-20-23(28-14)19-12-15(5-11-22(26)27)4-10-21(19)29-24(20,2)3/h4,6-10,12,14,18,20,23H,5,11,13H2,1-3H3,(H,26,27)/t14-,18-,20-,23+/m0/s1. The van der Waals surface area contributed by atoms with Gasteiger partial charge in [0.1, 0.15) is 11.4 Å². The Morgan fingerprint density at radius 3 is 2.62 bits per heavy atom. The van der Waals surface area contributed by atoms with Gasteiger partial charge >= 0.3 is 5.97 Å². The minimum absolute atomic E-state index is 0.0573. The predicted molar refractivity (Wildman–Crippen MR) is 113 cm³/mol. The molecule has 1 fully saturated rings. The quantitative estimate of drug-likeness (QED) is 0.689. The third-order valence-corrected chi connectivity index (χ3v) is 6.63. The fourth-order valence-corrected chi connectivity index (χ4v) is 4.87. The second-order valence-corrected chi connectivity index (χ2v) is 9.17. The van der Waals surface area contributed by atoms with Crippen LogP contribution in [0.25, 0.3) is 0 Å². The lowest BCUT2D eigenvalue weighted by molar-refractivity contribution is -0.153. The minimum Gasteiger partial charge on any atom is -0.487 e. The summed E-state index contributed by atoms with van der Waals surface area (Å²) in [6.07, 6.45) is 1.58. The van der Waals surface area contributed by atoms with Crippen LogP contribution in [-0.2, 0) is 16.0 Å². The van der Waals surface area contributed by atoms with Crippen LogP contribution in [0, 0.1) is 5.92 Å². The Balaban J connectivity index is 1.65. The van der Waals surface area contributed by atoms with E-state index in [1.807, 2.05) is 24.3 Å². The van der Waals surface area contributed by atoms with Gasteiger partial charge in [0.2, 0.25) is 0 Å². The SMILES string of the molecule is C[C@@H]1O[C@@H]2c3cc(CCC(=O)O)ccc3OC(C)(C)[C@H]2C[C@@H]1c1ccc(Cl)cc1. The average Bonchev–Trinajstić information content (AvgIpc) is 2.67. The molecule has 4 nitrogen and oxygen atoms in total. The number of aliphatic carboxylic acids is 1. The van der Waals surface area contributed by atoms with E-state index in [0.29, 0.717) is 6.42 Å². The Hall–Kier alpha value is -2.04. The Labute approximate surface area is 176 Å². The number of benzene rings is 2. The molecule has 5 heteroatoms. The van der Waals surface area contributed by atoms with E-state index in [2.05, 4.69) is 39.0 Å². The summed E-state index contributed by atoms with van der Waals surface area (Å²) in [4.78, 5) is 11.0. The zero-order valence-corrected chi connectivity index (χ0v) is 17.8. The van der Waals surface area contributed by atoms with E-state index in [9.17, 15) is 4.79 Å². The minimum atomic E-state index is -0.786. The predicted octanol–water partition coefficient (Wildman–Crippen LogP) is 5.78. The normalized spacial score (nSPS) is 27.4. The molecule has 2 aliphatic heterocycles. The number of ether oxygens (including phenoxy) is 2. The van der Waals surface area contributed by atoms with Crippen molar-refractivity contribution in [2.75, 3.05) is 0 Å². The zero-order chi connectivity index (χ0) is 20.8. The van der Waals surface area contributed by atoms with Crippen LogP contribution in [0.2, 0.25) is 5.02 Å². The van der Waals surface area contributed by atoms with Crippen LogP contribution < -0.4 is 4.74 Å². The summed E-state index contributed by atoms with van der Waals surface area (Å²) < 4.78 is 13.0. The largest absolute Gasteiger partial charge is 0.487 e. The molecule has 29 heavy (non-hydrogen) atoms. The molecule has 154 valence electrons. The number of fused-ring (bicyclic) bond motifs is 3. The van der Waals surface area contributed by atoms with Crippen LogP contribution >= 0.6 is 11.6 Å². The Morgan fingerprint density at radius 1 is 1.21 bits per heavy atom. The van der Waals surface area contributed by atoms with Gasteiger partial charge in [0.15, 0.2) is 0 Å². The molecule has 4 rings (SSSR count). The first-order chi connectivity index (χ1) is 13.7. The number of carboxylic acids is 1. The van der Waals surface area contributed by atoms with Gasteiger partial charge in [-0.3, -0.25) is 4.79 Å². The molecule has 0 radical (unpaired) electrons. The maximum absolute atomic E-state index is 11.0. The molecule has 0 saturated carbocycles. The Bertz CT molecular complexity index is 906. The van der Waals surface area contributed by atoms with Crippen LogP contribution in [0.3, 0.4) is 0 Å². The molecule has 2 aromatic rings. The van der Waals surface area contributed by atoms with Crippen molar-refractivity contribution in [1.82, 2.24) is 0 Å². The van der Waals surface area contributed by atoms with Gasteiger partial charge in [0, 0.05) is 28.8 Å². The Morgan fingerprint density at radius 2 is 1.93 bits per heavy atom. The van der Waals surface area contributed by atoms with Gasteiger partial charge < -0.3 is 14.6 Å². The lowest BCUT2D eigenvalue weighted by atomic mass is 9.70. The molecule has 0 aromatic heterocycles. The van der Waals surface area contributed by atoms with Crippen molar-refractivity contribution < 1.29 is 19.4 Å². The lowest BCUT2D eigenvalue weighted by Gasteiger charge is -2.50. The van der Waals surface area contributed by atoms with Gasteiger partial charge in [0.05, 0.1) is 12.2 Å². The van der Waals surface area contributed by atoms with Gasteiger partial charge in [0.25, 0.3) is 0 Å². The molecule has 0 spiro atoms. The van der Waals surface area contributed by atoms with E-state index in [-0.39, 0.29) is 36.1 Å². The maximum atomic E-state index is 11.0.